The van der Waals surface area contributed by atoms with E-state index < -0.39 is 0 Å². The van der Waals surface area contributed by atoms with Gasteiger partial charge in [0.15, 0.2) is 0 Å². The maximum absolute atomic E-state index is 5.75. The monoisotopic (exact) mass is 227 g/mol. The summed E-state index contributed by atoms with van der Waals surface area (Å²) in [5, 5.41) is 2.43. The normalized spacial score (nSPS) is 14.8. The van der Waals surface area contributed by atoms with Gasteiger partial charge >= 0.3 is 0 Å². The Morgan fingerprint density at radius 2 is 1.94 bits per heavy atom. The lowest BCUT2D eigenvalue weighted by molar-refractivity contribution is 0.360. The molecule has 0 radical (unpaired) electrons. The molecule has 88 valence electrons. The van der Waals surface area contributed by atoms with E-state index in [-0.39, 0.29) is 5.41 Å². The number of aromatic nitrogens is 1. The highest BCUT2D eigenvalue weighted by atomic mass is 16.5. The third-order valence-electron chi connectivity index (χ3n) is 3.31. The van der Waals surface area contributed by atoms with Crippen molar-refractivity contribution in [2.24, 2.45) is 0 Å². The van der Waals surface area contributed by atoms with Crippen LogP contribution in [0.3, 0.4) is 0 Å². The van der Waals surface area contributed by atoms with Crippen LogP contribution < -0.4 is 4.74 Å². The van der Waals surface area contributed by atoms with Gasteiger partial charge in [-0.2, -0.15) is 0 Å². The molecule has 0 fully saturated rings. The zero-order chi connectivity index (χ0) is 12.0. The molecule has 0 saturated carbocycles. The number of nitrogens with zero attached hydrogens (tertiary/aromatic N) is 1. The SMILES string of the molecule is CC(C)(C)c1nccc2c3c(ccc12)CCO3. The van der Waals surface area contributed by atoms with Crippen LogP contribution in [0.15, 0.2) is 24.4 Å². The number of ether oxygens (including phenoxy) is 1. The van der Waals surface area contributed by atoms with Crippen LogP contribution in [0.5, 0.6) is 5.75 Å². The number of fused-ring (bicyclic) bond motifs is 3. The Kier molecular flexibility index (Phi) is 2.15. The predicted molar refractivity (Wildman–Crippen MR) is 69.6 cm³/mol. The Balaban J connectivity index is 2.35. The molecule has 0 amide bonds. The van der Waals surface area contributed by atoms with Crippen molar-refractivity contribution in [1.82, 2.24) is 4.98 Å². The fourth-order valence-electron chi connectivity index (χ4n) is 2.50. The average Bonchev–Trinajstić information content (AvgIpc) is 2.75. The molecular formula is C15H17NO. The largest absolute Gasteiger partial charge is 0.492 e. The Morgan fingerprint density at radius 1 is 1.12 bits per heavy atom. The molecule has 2 aromatic rings. The summed E-state index contributed by atoms with van der Waals surface area (Å²) in [6.45, 7) is 7.40. The zero-order valence-corrected chi connectivity index (χ0v) is 10.6. The maximum atomic E-state index is 5.75. The van der Waals surface area contributed by atoms with Crippen molar-refractivity contribution in [2.45, 2.75) is 32.6 Å². The molecule has 3 rings (SSSR count). The van der Waals surface area contributed by atoms with Crippen molar-refractivity contribution in [3.8, 4) is 5.75 Å². The summed E-state index contributed by atoms with van der Waals surface area (Å²) in [6, 6.07) is 6.44. The minimum atomic E-state index is 0.0619. The van der Waals surface area contributed by atoms with Crippen molar-refractivity contribution in [3.63, 3.8) is 0 Å². The highest BCUT2D eigenvalue weighted by Crippen LogP contribution is 2.37. The van der Waals surface area contributed by atoms with E-state index in [0.717, 1.165) is 24.5 Å². The summed E-state index contributed by atoms with van der Waals surface area (Å²) in [5.74, 6) is 1.07. The van der Waals surface area contributed by atoms with Crippen LogP contribution in [-0.2, 0) is 11.8 Å². The predicted octanol–water partition coefficient (Wildman–Crippen LogP) is 3.47. The first kappa shape index (κ1) is 10.6. The van der Waals surface area contributed by atoms with Crippen molar-refractivity contribution in [2.75, 3.05) is 6.61 Å². The summed E-state index contributed by atoms with van der Waals surface area (Å²) in [6.07, 6.45) is 2.92. The molecule has 0 atom stereocenters. The molecule has 2 heteroatoms. The number of rotatable bonds is 0. The summed E-state index contributed by atoms with van der Waals surface area (Å²) in [5.41, 5.74) is 2.53. The van der Waals surface area contributed by atoms with Gasteiger partial charge in [0, 0.05) is 28.8 Å². The standard InChI is InChI=1S/C15H17NO/c1-15(2,3)14-12-5-4-10-7-9-17-13(10)11(12)6-8-16-14/h4-6,8H,7,9H2,1-3H3. The van der Waals surface area contributed by atoms with Gasteiger partial charge in [-0.25, -0.2) is 0 Å². The van der Waals surface area contributed by atoms with Gasteiger partial charge in [0.25, 0.3) is 0 Å². The molecule has 0 spiro atoms. The van der Waals surface area contributed by atoms with Gasteiger partial charge in [0.2, 0.25) is 0 Å². The molecule has 1 aromatic carbocycles. The van der Waals surface area contributed by atoms with Gasteiger partial charge in [-0.3, -0.25) is 4.98 Å². The molecule has 2 heterocycles. The Labute approximate surface area is 102 Å². The molecule has 17 heavy (non-hydrogen) atoms. The number of benzene rings is 1. The van der Waals surface area contributed by atoms with Gasteiger partial charge in [0.1, 0.15) is 5.75 Å². The van der Waals surface area contributed by atoms with Gasteiger partial charge in [-0.05, 0) is 11.6 Å². The lowest BCUT2D eigenvalue weighted by Crippen LogP contribution is -2.13. The lowest BCUT2D eigenvalue weighted by Gasteiger charge is -2.20. The topological polar surface area (TPSA) is 22.1 Å². The van der Waals surface area contributed by atoms with Crippen molar-refractivity contribution in [3.05, 3.63) is 35.7 Å². The van der Waals surface area contributed by atoms with Crippen molar-refractivity contribution >= 4 is 10.8 Å². The summed E-state index contributed by atoms with van der Waals surface area (Å²) in [7, 11) is 0. The number of hydrogen-bond acceptors (Lipinski definition) is 2. The molecule has 0 unspecified atom stereocenters. The second-order valence-corrected chi connectivity index (χ2v) is 5.66. The smallest absolute Gasteiger partial charge is 0.130 e. The van der Waals surface area contributed by atoms with Crippen molar-refractivity contribution < 1.29 is 4.74 Å². The fourth-order valence-corrected chi connectivity index (χ4v) is 2.50. The number of hydrogen-bond donors (Lipinski definition) is 0. The summed E-state index contributed by atoms with van der Waals surface area (Å²) < 4.78 is 5.75. The highest BCUT2D eigenvalue weighted by molar-refractivity contribution is 5.92. The summed E-state index contributed by atoms with van der Waals surface area (Å²) >= 11 is 0. The molecule has 0 saturated heterocycles. The fraction of sp³-hybridized carbons (Fsp3) is 0.400. The first-order chi connectivity index (χ1) is 8.07. The van der Waals surface area contributed by atoms with Crippen molar-refractivity contribution in [1.29, 1.82) is 0 Å². The van der Waals surface area contributed by atoms with Gasteiger partial charge in [-0.1, -0.05) is 32.9 Å². The highest BCUT2D eigenvalue weighted by Gasteiger charge is 2.22. The second kappa shape index (κ2) is 3.46. The third-order valence-corrected chi connectivity index (χ3v) is 3.31. The van der Waals surface area contributed by atoms with Crippen LogP contribution >= 0.6 is 0 Å². The second-order valence-electron chi connectivity index (χ2n) is 5.66. The van der Waals surface area contributed by atoms with E-state index in [9.17, 15) is 0 Å². The number of pyridine rings is 1. The van der Waals surface area contributed by atoms with Crippen LogP contribution in [0.2, 0.25) is 0 Å². The zero-order valence-electron chi connectivity index (χ0n) is 10.6. The molecule has 1 aliphatic rings. The average molecular weight is 227 g/mol. The van der Waals surface area contributed by atoms with Crippen LogP contribution in [0.25, 0.3) is 10.8 Å². The molecule has 0 aliphatic carbocycles. The van der Waals surface area contributed by atoms with Crippen LogP contribution in [-0.4, -0.2) is 11.6 Å². The molecule has 1 aromatic heterocycles. The van der Waals surface area contributed by atoms with E-state index in [0.29, 0.717) is 0 Å². The lowest BCUT2D eigenvalue weighted by atomic mass is 9.88. The molecule has 1 aliphatic heterocycles. The quantitative estimate of drug-likeness (QED) is 0.687. The molecule has 0 N–H and O–H groups in total. The van der Waals surface area contributed by atoms with Crippen LogP contribution in [0, 0.1) is 0 Å². The van der Waals surface area contributed by atoms with Gasteiger partial charge in [-0.15, -0.1) is 0 Å². The van der Waals surface area contributed by atoms with E-state index in [2.05, 4.69) is 44.0 Å². The molecule has 2 nitrogen and oxygen atoms in total. The van der Waals surface area contributed by atoms with E-state index in [1.165, 1.54) is 16.3 Å². The van der Waals surface area contributed by atoms with Gasteiger partial charge in [0.05, 0.1) is 12.3 Å². The minimum Gasteiger partial charge on any atom is -0.492 e. The minimum absolute atomic E-state index is 0.0619. The van der Waals surface area contributed by atoms with E-state index in [1.54, 1.807) is 0 Å². The molecular weight excluding hydrogens is 210 g/mol. The summed E-state index contributed by atoms with van der Waals surface area (Å²) in [4.78, 5) is 4.55. The van der Waals surface area contributed by atoms with Crippen LogP contribution in [0.1, 0.15) is 32.0 Å². The first-order valence-corrected chi connectivity index (χ1v) is 6.11. The van der Waals surface area contributed by atoms with Crippen LogP contribution in [0.4, 0.5) is 0 Å². The van der Waals surface area contributed by atoms with E-state index in [4.69, 9.17) is 4.74 Å². The maximum Gasteiger partial charge on any atom is 0.130 e. The Bertz CT molecular complexity index is 581. The third kappa shape index (κ3) is 1.59. The Hall–Kier alpha value is -1.57. The van der Waals surface area contributed by atoms with E-state index >= 15 is 0 Å². The Morgan fingerprint density at radius 3 is 2.71 bits per heavy atom. The molecule has 0 bridgehead atoms. The van der Waals surface area contributed by atoms with Gasteiger partial charge < -0.3 is 4.74 Å². The van der Waals surface area contributed by atoms with E-state index in [1.807, 2.05) is 6.20 Å². The first-order valence-electron chi connectivity index (χ1n) is 6.11.